The molecule has 0 fully saturated rings. The second-order valence-corrected chi connectivity index (χ2v) is 20.7. The van der Waals surface area contributed by atoms with Crippen LogP contribution in [0.4, 0.5) is 0 Å². The molecular formula is C38H44ClN3O6SSi. The molecule has 0 saturated carbocycles. The van der Waals surface area contributed by atoms with E-state index in [1.54, 1.807) is 29.3 Å². The molecule has 3 aromatic carbocycles. The van der Waals surface area contributed by atoms with Gasteiger partial charge in [-0.05, 0) is 72.4 Å². The molecule has 0 aromatic heterocycles. The van der Waals surface area contributed by atoms with Gasteiger partial charge in [0.1, 0.15) is 17.2 Å². The highest BCUT2D eigenvalue weighted by atomic mass is 35.5. The number of amidine groups is 1. The number of nitrogens with zero attached hydrogens (tertiary/aromatic N) is 3. The first kappa shape index (κ1) is 37.2. The van der Waals surface area contributed by atoms with Crippen LogP contribution in [-0.4, -0.2) is 56.0 Å². The molecule has 0 spiro atoms. The summed E-state index contributed by atoms with van der Waals surface area (Å²) in [7, 11) is -6.00. The fourth-order valence-electron chi connectivity index (χ4n) is 5.22. The third-order valence-electron chi connectivity index (χ3n) is 8.99. The number of ether oxygens (including phenoxy) is 1. The Balaban J connectivity index is 1.35. The van der Waals surface area contributed by atoms with Crippen LogP contribution in [0, 0.1) is 0 Å². The van der Waals surface area contributed by atoms with Crippen molar-refractivity contribution in [2.24, 2.45) is 9.98 Å². The summed E-state index contributed by atoms with van der Waals surface area (Å²) in [6.07, 6.45) is 6.49. The van der Waals surface area contributed by atoms with E-state index in [9.17, 15) is 13.2 Å². The van der Waals surface area contributed by atoms with Crippen LogP contribution in [0.3, 0.4) is 0 Å². The van der Waals surface area contributed by atoms with Crippen LogP contribution in [0.1, 0.15) is 63.1 Å². The molecule has 0 saturated heterocycles. The minimum atomic E-state index is -3.93. The van der Waals surface area contributed by atoms with Crippen LogP contribution >= 0.6 is 11.6 Å². The van der Waals surface area contributed by atoms with E-state index in [4.69, 9.17) is 35.3 Å². The summed E-state index contributed by atoms with van der Waals surface area (Å²) in [5, 5.41) is 0.439. The van der Waals surface area contributed by atoms with E-state index in [1.165, 1.54) is 0 Å². The van der Waals surface area contributed by atoms with Crippen molar-refractivity contribution >= 4 is 59.3 Å². The minimum Gasteiger partial charge on any atom is -0.543 e. The van der Waals surface area contributed by atoms with Gasteiger partial charge < -0.3 is 9.16 Å². The lowest BCUT2D eigenvalue weighted by atomic mass is 10.0. The predicted octanol–water partition coefficient (Wildman–Crippen LogP) is 8.83. The maximum atomic E-state index is 13.9. The summed E-state index contributed by atoms with van der Waals surface area (Å²) in [5.74, 6) is 1.28. The number of hydrogen-bond acceptors (Lipinski definition) is 7. The molecule has 0 atom stereocenters. The number of amides is 1. The average Bonchev–Trinajstić information content (AvgIpc) is 3.35. The lowest BCUT2D eigenvalue weighted by Gasteiger charge is -2.36. The summed E-state index contributed by atoms with van der Waals surface area (Å²) >= 11 is 6.55. The van der Waals surface area contributed by atoms with Crippen molar-refractivity contribution in [1.82, 2.24) is 4.90 Å². The highest BCUT2D eigenvalue weighted by Crippen LogP contribution is 2.38. The van der Waals surface area contributed by atoms with E-state index in [0.29, 0.717) is 65.9 Å². The number of unbranched alkanes of at least 4 members (excludes halogenated alkanes) is 3. The molecule has 50 heavy (non-hydrogen) atoms. The Morgan fingerprint density at radius 2 is 1.68 bits per heavy atom. The number of benzene rings is 3. The van der Waals surface area contributed by atoms with Gasteiger partial charge in [-0.1, -0.05) is 93.7 Å². The molecule has 5 rings (SSSR count). The predicted molar refractivity (Wildman–Crippen MR) is 204 cm³/mol. The first-order valence-corrected chi connectivity index (χ1v) is 21.6. The Labute approximate surface area is 301 Å². The Morgan fingerprint density at radius 3 is 2.38 bits per heavy atom. The number of fused-ring (bicyclic) bond motifs is 1. The highest BCUT2D eigenvalue weighted by Gasteiger charge is 2.39. The summed E-state index contributed by atoms with van der Waals surface area (Å²) in [6.45, 7) is 11.5. The van der Waals surface area contributed by atoms with Crippen LogP contribution in [0.2, 0.25) is 23.2 Å². The van der Waals surface area contributed by atoms with Crippen LogP contribution in [0.25, 0.3) is 11.8 Å². The molecule has 1 N–H and O–H groups in total. The topological polar surface area (TPSA) is 118 Å². The highest BCUT2D eigenvalue weighted by molar-refractivity contribution is 7.85. The van der Waals surface area contributed by atoms with E-state index < -0.39 is 18.4 Å². The SMILES string of the molecule is CC(C)(C)[Si](C)(C)Oc1cccc(C2=CN3C(=O)/C(=C/c4ccc(OCCCCCCS(=O)(=O)O)c(Cl)c4)N=C3C(Cc3ccccc3)=N2)c1. The van der Waals surface area contributed by atoms with Gasteiger partial charge >= 0.3 is 0 Å². The molecule has 0 aliphatic carbocycles. The Morgan fingerprint density at radius 1 is 0.940 bits per heavy atom. The van der Waals surface area contributed by atoms with Crippen LogP contribution in [0.5, 0.6) is 11.5 Å². The van der Waals surface area contributed by atoms with Crippen molar-refractivity contribution in [3.63, 3.8) is 0 Å². The first-order valence-electron chi connectivity index (χ1n) is 16.7. The van der Waals surface area contributed by atoms with E-state index in [0.717, 1.165) is 23.3 Å². The smallest absolute Gasteiger partial charge is 0.282 e. The molecule has 9 nitrogen and oxygen atoms in total. The summed E-state index contributed by atoms with van der Waals surface area (Å²) < 4.78 is 43.0. The van der Waals surface area contributed by atoms with Crippen molar-refractivity contribution < 1.29 is 26.9 Å². The molecule has 0 unspecified atom stereocenters. The van der Waals surface area contributed by atoms with Crippen LogP contribution in [-0.2, 0) is 21.3 Å². The molecular weight excluding hydrogens is 690 g/mol. The van der Waals surface area contributed by atoms with Gasteiger partial charge in [-0.3, -0.25) is 14.2 Å². The summed E-state index contributed by atoms with van der Waals surface area (Å²) in [5.41, 5.74) is 4.19. The molecule has 264 valence electrons. The van der Waals surface area contributed by atoms with Crippen molar-refractivity contribution in [3.05, 3.63) is 106 Å². The number of rotatable bonds is 14. The molecule has 2 heterocycles. The zero-order chi connectivity index (χ0) is 36.1. The second kappa shape index (κ2) is 15.5. The third-order valence-corrected chi connectivity index (χ3v) is 14.5. The molecule has 0 radical (unpaired) electrons. The third kappa shape index (κ3) is 9.60. The van der Waals surface area contributed by atoms with Gasteiger partial charge in [0.05, 0.1) is 28.8 Å². The van der Waals surface area contributed by atoms with Crippen LogP contribution in [0.15, 0.2) is 94.7 Å². The molecule has 0 bridgehead atoms. The summed E-state index contributed by atoms with van der Waals surface area (Å²) in [6, 6.07) is 23.2. The largest absolute Gasteiger partial charge is 0.543 e. The molecule has 2 aliphatic rings. The molecule has 2 aliphatic heterocycles. The maximum absolute atomic E-state index is 13.9. The quantitative estimate of drug-likeness (QED) is 0.0766. The monoisotopic (exact) mass is 733 g/mol. The average molecular weight is 734 g/mol. The van der Waals surface area contributed by atoms with E-state index in [-0.39, 0.29) is 22.4 Å². The van der Waals surface area contributed by atoms with Gasteiger partial charge in [0, 0.05) is 18.2 Å². The number of carbonyl (C=O) groups excluding carboxylic acids is 1. The molecule has 12 heteroatoms. The lowest BCUT2D eigenvalue weighted by molar-refractivity contribution is -0.120. The van der Waals surface area contributed by atoms with Gasteiger partial charge in [-0.2, -0.15) is 8.42 Å². The maximum Gasteiger partial charge on any atom is 0.282 e. The zero-order valence-corrected chi connectivity index (χ0v) is 31.7. The lowest BCUT2D eigenvalue weighted by Crippen LogP contribution is -2.43. The number of aliphatic imine (C=N–C) groups is 2. The number of hydrogen-bond donors (Lipinski definition) is 1. The minimum absolute atomic E-state index is 0.0410. The first-order chi connectivity index (χ1) is 23.6. The normalized spacial score (nSPS) is 15.8. The number of carbonyl (C=O) groups is 1. The van der Waals surface area contributed by atoms with Gasteiger partial charge in [0.15, 0.2) is 5.84 Å². The van der Waals surface area contributed by atoms with Gasteiger partial charge in [-0.15, -0.1) is 0 Å². The second-order valence-electron chi connectivity index (χ2n) is 14.0. The van der Waals surface area contributed by atoms with Crippen molar-refractivity contribution in [3.8, 4) is 11.5 Å². The van der Waals surface area contributed by atoms with E-state index in [1.807, 2.05) is 60.7 Å². The Kier molecular flexibility index (Phi) is 11.5. The zero-order valence-electron chi connectivity index (χ0n) is 29.1. The standard InChI is InChI=1S/C38H44ClN3O6SSi/c1-38(2,3)50(4,5)48-30-17-13-16-29(25-30)34-26-42-36(32(40-34)23-27-14-9-8-10-15-27)41-33(37(42)43)24-28-18-19-35(31(39)22-28)47-20-11-6-7-12-21-49(44,45)46/h8-10,13-19,22,24-26H,6-7,11-12,20-21,23H2,1-5H3,(H,44,45,46)/b33-24-. The van der Waals surface area contributed by atoms with E-state index >= 15 is 0 Å². The molecule has 1 amide bonds. The van der Waals surface area contributed by atoms with Gasteiger partial charge in [0.25, 0.3) is 16.0 Å². The van der Waals surface area contributed by atoms with E-state index in [2.05, 4.69) is 33.9 Å². The van der Waals surface area contributed by atoms with Crippen molar-refractivity contribution in [1.29, 1.82) is 0 Å². The fourth-order valence-corrected chi connectivity index (χ4v) is 7.05. The van der Waals surface area contributed by atoms with Crippen molar-refractivity contribution in [2.45, 2.75) is 71.0 Å². The van der Waals surface area contributed by atoms with Crippen molar-refractivity contribution in [2.75, 3.05) is 12.4 Å². The summed E-state index contributed by atoms with van der Waals surface area (Å²) in [4.78, 5) is 25.2. The van der Waals surface area contributed by atoms with Gasteiger partial charge in [-0.25, -0.2) is 9.98 Å². The Hall–Kier alpha value is -4.03. The van der Waals surface area contributed by atoms with Crippen LogP contribution < -0.4 is 9.16 Å². The fraction of sp³-hybridized carbons (Fsp3) is 0.342. The number of halogens is 1. The molecule has 3 aromatic rings. The Bertz CT molecular complexity index is 1970. The van der Waals surface area contributed by atoms with Gasteiger partial charge in [0.2, 0.25) is 8.32 Å².